The predicted octanol–water partition coefficient (Wildman–Crippen LogP) is 3.68. The highest BCUT2D eigenvalue weighted by molar-refractivity contribution is 7.09. The first-order valence-electron chi connectivity index (χ1n) is 11.7. The second-order valence-electron chi connectivity index (χ2n) is 9.58. The summed E-state index contributed by atoms with van der Waals surface area (Å²) < 4.78 is 9.56. The Morgan fingerprint density at radius 2 is 1.82 bits per heavy atom. The van der Waals surface area contributed by atoms with E-state index in [1.807, 2.05) is 32.9 Å². The maximum atomic E-state index is 14.2. The van der Waals surface area contributed by atoms with Crippen LogP contribution in [-0.2, 0) is 4.79 Å². The van der Waals surface area contributed by atoms with Crippen molar-refractivity contribution in [1.82, 2.24) is 14.7 Å². The third kappa shape index (κ3) is 5.28. The van der Waals surface area contributed by atoms with Crippen LogP contribution in [0.3, 0.4) is 0 Å². The Morgan fingerprint density at radius 3 is 2.47 bits per heavy atom. The maximum Gasteiger partial charge on any atom is 0.273 e. The lowest BCUT2D eigenvalue weighted by atomic mass is 9.98. The molecule has 0 aliphatic heterocycles. The van der Waals surface area contributed by atoms with Crippen molar-refractivity contribution >= 4 is 51.5 Å². The van der Waals surface area contributed by atoms with Gasteiger partial charge in [0.15, 0.2) is 5.69 Å². The number of aromatic nitrogens is 2. The Bertz CT molecular complexity index is 1530. The average Bonchev–Trinajstić information content (AvgIpc) is 3.27. The minimum atomic E-state index is -1.15. The Hall–Kier alpha value is -4.51. The quantitative estimate of drug-likeness (QED) is 0.328. The van der Waals surface area contributed by atoms with Gasteiger partial charge in [-0.25, -0.2) is 0 Å². The van der Waals surface area contributed by atoms with E-state index in [2.05, 4.69) is 14.7 Å². The van der Waals surface area contributed by atoms with E-state index in [0.717, 1.165) is 22.4 Å². The van der Waals surface area contributed by atoms with Crippen LogP contribution in [0.15, 0.2) is 60.8 Å². The average molecular weight is 533 g/mol. The van der Waals surface area contributed by atoms with Crippen molar-refractivity contribution in [3.05, 3.63) is 76.9 Å². The molecule has 38 heavy (non-hydrogen) atoms. The molecule has 0 bridgehead atoms. The number of anilines is 2. The molecule has 0 fully saturated rings. The van der Waals surface area contributed by atoms with Crippen molar-refractivity contribution in [3.8, 4) is 5.75 Å². The van der Waals surface area contributed by atoms with E-state index >= 15 is 0 Å². The van der Waals surface area contributed by atoms with Crippen LogP contribution in [0.2, 0.25) is 0 Å². The lowest BCUT2D eigenvalue weighted by Crippen LogP contribution is -2.49. The van der Waals surface area contributed by atoms with Gasteiger partial charge in [-0.1, -0.05) is 24.3 Å². The van der Waals surface area contributed by atoms with Gasteiger partial charge in [-0.3, -0.25) is 24.3 Å². The van der Waals surface area contributed by atoms with Crippen molar-refractivity contribution in [1.29, 1.82) is 0 Å². The largest absolute Gasteiger partial charge is 0.495 e. The number of methoxy groups -OCH3 is 1. The molecule has 10 nitrogen and oxygen atoms in total. The van der Waals surface area contributed by atoms with Gasteiger partial charge in [0.1, 0.15) is 16.7 Å². The summed E-state index contributed by atoms with van der Waals surface area (Å²) >= 11 is 0.740. The molecule has 196 valence electrons. The molecule has 11 heteroatoms. The molecular weight excluding hydrogens is 504 g/mol. The molecule has 5 N–H and O–H groups in total. The number of nitrogens with zero attached hydrogens (tertiary/aromatic N) is 3. The van der Waals surface area contributed by atoms with Crippen LogP contribution < -0.4 is 26.4 Å². The molecule has 1 atom stereocenters. The number of nitrogens with one attached hydrogen (secondary N) is 1. The Balaban J connectivity index is 1.98. The molecule has 3 amide bonds. The van der Waals surface area contributed by atoms with E-state index in [9.17, 15) is 14.4 Å². The van der Waals surface area contributed by atoms with Gasteiger partial charge in [-0.15, -0.1) is 0 Å². The molecule has 0 radical (unpaired) electrons. The standard InChI is InChI=1S/C27H28N6O4S/c1-27(2,3)31-25(35)22(16-11-12-17-15(14-16)8-7-13-30-17)33(18-9-5-6-10-19(18)37-4)26(36)23-20(28)21(24(29)34)32-38-23/h5-14,22H,28H2,1-4H3,(H2,29,34)(H,31,35)/t22-/m0/s1. The minimum absolute atomic E-state index is 0.0271. The number of fused-ring (bicyclic) bond motifs is 1. The van der Waals surface area contributed by atoms with E-state index in [1.165, 1.54) is 12.0 Å². The van der Waals surface area contributed by atoms with E-state index in [4.69, 9.17) is 16.2 Å². The summed E-state index contributed by atoms with van der Waals surface area (Å²) in [4.78, 5) is 45.7. The zero-order valence-corrected chi connectivity index (χ0v) is 22.2. The first kappa shape index (κ1) is 26.6. The van der Waals surface area contributed by atoms with Crippen molar-refractivity contribution in [3.63, 3.8) is 0 Å². The maximum absolute atomic E-state index is 14.2. The summed E-state index contributed by atoms with van der Waals surface area (Å²) in [6.45, 7) is 5.55. The fraction of sp³-hybridized carbons (Fsp3) is 0.222. The fourth-order valence-electron chi connectivity index (χ4n) is 4.05. The van der Waals surface area contributed by atoms with Crippen molar-refractivity contribution in [2.24, 2.45) is 5.73 Å². The van der Waals surface area contributed by atoms with Gasteiger partial charge in [0.05, 0.1) is 24.0 Å². The SMILES string of the molecule is COc1ccccc1N(C(=O)c1snc(C(N)=O)c1N)[C@H](C(=O)NC(C)(C)C)c1ccc2ncccc2c1. The number of rotatable bonds is 7. The molecule has 0 unspecified atom stereocenters. The van der Waals surface area contributed by atoms with Crippen molar-refractivity contribution < 1.29 is 19.1 Å². The number of carbonyl (C=O) groups is 3. The molecule has 2 aromatic carbocycles. The molecule has 0 aliphatic carbocycles. The molecule has 4 rings (SSSR count). The highest BCUT2D eigenvalue weighted by Gasteiger charge is 2.38. The number of hydrogen-bond donors (Lipinski definition) is 3. The van der Waals surface area contributed by atoms with Crippen molar-refractivity contribution in [2.75, 3.05) is 17.7 Å². The minimum Gasteiger partial charge on any atom is -0.495 e. The third-order valence-corrected chi connectivity index (χ3v) is 6.52. The van der Waals surface area contributed by atoms with Gasteiger partial charge in [-0.05, 0) is 68.2 Å². The molecule has 2 aromatic heterocycles. The number of hydrogen-bond acceptors (Lipinski definition) is 8. The van der Waals surface area contributed by atoms with E-state index in [-0.39, 0.29) is 16.3 Å². The number of amides is 3. The second-order valence-corrected chi connectivity index (χ2v) is 10.4. The highest BCUT2D eigenvalue weighted by Crippen LogP contribution is 2.38. The summed E-state index contributed by atoms with van der Waals surface area (Å²) in [7, 11) is 1.47. The Labute approximate surface area is 223 Å². The number of carbonyl (C=O) groups excluding carboxylic acids is 3. The van der Waals surface area contributed by atoms with E-state index in [0.29, 0.717) is 17.0 Å². The molecule has 0 saturated carbocycles. The van der Waals surface area contributed by atoms with E-state index < -0.39 is 29.3 Å². The van der Waals surface area contributed by atoms with Crippen molar-refractivity contribution in [2.45, 2.75) is 32.4 Å². The van der Waals surface area contributed by atoms with Crippen LogP contribution in [0.4, 0.5) is 11.4 Å². The summed E-state index contributed by atoms with van der Waals surface area (Å²) in [5.41, 5.74) is 12.2. The van der Waals surface area contributed by atoms with Gasteiger partial charge >= 0.3 is 0 Å². The Kier molecular flexibility index (Phi) is 7.31. The first-order chi connectivity index (χ1) is 18.0. The lowest BCUT2D eigenvalue weighted by Gasteiger charge is -2.34. The number of nitrogens with two attached hydrogens (primary N) is 2. The summed E-state index contributed by atoms with van der Waals surface area (Å²) in [5.74, 6) is -1.57. The monoisotopic (exact) mass is 532 g/mol. The topological polar surface area (TPSA) is 154 Å². The summed E-state index contributed by atoms with van der Waals surface area (Å²) in [6, 6.07) is 14.7. The smallest absolute Gasteiger partial charge is 0.273 e. The van der Waals surface area contributed by atoms with Gasteiger partial charge in [0, 0.05) is 17.1 Å². The molecule has 2 heterocycles. The molecule has 0 spiro atoms. The second kappa shape index (κ2) is 10.5. The predicted molar refractivity (Wildman–Crippen MR) is 147 cm³/mol. The van der Waals surface area contributed by atoms with E-state index in [1.54, 1.807) is 48.7 Å². The van der Waals surface area contributed by atoms with Crippen LogP contribution in [-0.4, -0.2) is 39.7 Å². The molecule has 0 aliphatic rings. The van der Waals surface area contributed by atoms with Gasteiger partial charge in [0.2, 0.25) is 5.91 Å². The molecule has 0 saturated heterocycles. The van der Waals surface area contributed by atoms with Crippen LogP contribution >= 0.6 is 11.5 Å². The Morgan fingerprint density at radius 1 is 1.08 bits per heavy atom. The highest BCUT2D eigenvalue weighted by atomic mass is 32.1. The van der Waals surface area contributed by atoms with Crippen LogP contribution in [0, 0.1) is 0 Å². The van der Waals surface area contributed by atoms with Crippen LogP contribution in [0.5, 0.6) is 5.75 Å². The van der Waals surface area contributed by atoms with Crippen LogP contribution in [0.25, 0.3) is 10.9 Å². The molecule has 4 aromatic rings. The number of benzene rings is 2. The lowest BCUT2D eigenvalue weighted by molar-refractivity contribution is -0.123. The summed E-state index contributed by atoms with van der Waals surface area (Å²) in [5, 5.41) is 3.78. The van der Waals surface area contributed by atoms with Gasteiger partial charge < -0.3 is 21.5 Å². The van der Waals surface area contributed by atoms with Gasteiger partial charge in [0.25, 0.3) is 11.8 Å². The fourth-order valence-corrected chi connectivity index (χ4v) is 4.80. The number of primary amides is 1. The number of para-hydroxylation sites is 2. The zero-order valence-electron chi connectivity index (χ0n) is 21.4. The third-order valence-electron chi connectivity index (χ3n) is 5.67. The zero-order chi connectivity index (χ0) is 27.6. The normalized spacial score (nSPS) is 12.1. The summed E-state index contributed by atoms with van der Waals surface area (Å²) in [6.07, 6.45) is 1.68. The number of nitrogen functional groups attached to an aromatic ring is 1. The van der Waals surface area contributed by atoms with Gasteiger partial charge in [-0.2, -0.15) is 4.37 Å². The molecular formula is C27H28N6O4S. The number of ether oxygens (including phenoxy) is 1. The van der Waals surface area contributed by atoms with Crippen LogP contribution in [0.1, 0.15) is 52.5 Å². The first-order valence-corrected chi connectivity index (χ1v) is 12.5. The number of pyridine rings is 1.